The second-order valence-corrected chi connectivity index (χ2v) is 5.70. The average Bonchev–Trinajstić information content (AvgIpc) is 2.53. The van der Waals surface area contributed by atoms with Gasteiger partial charge in [0.1, 0.15) is 18.2 Å². The molecule has 2 rings (SSSR count). The molecular formula is C17H27FN2O2. The van der Waals surface area contributed by atoms with Gasteiger partial charge in [-0.1, -0.05) is 13.0 Å². The third kappa shape index (κ3) is 5.23. The van der Waals surface area contributed by atoms with Gasteiger partial charge in [-0.25, -0.2) is 4.39 Å². The summed E-state index contributed by atoms with van der Waals surface area (Å²) in [6.45, 7) is 8.68. The predicted molar refractivity (Wildman–Crippen MR) is 85.9 cm³/mol. The highest BCUT2D eigenvalue weighted by Crippen LogP contribution is 2.14. The first-order valence-electron chi connectivity index (χ1n) is 8.06. The lowest BCUT2D eigenvalue weighted by Crippen LogP contribution is -2.54. The highest BCUT2D eigenvalue weighted by atomic mass is 19.1. The fourth-order valence-corrected chi connectivity index (χ4v) is 2.90. The third-order valence-electron chi connectivity index (χ3n) is 4.21. The van der Waals surface area contributed by atoms with E-state index in [1.807, 2.05) is 0 Å². The van der Waals surface area contributed by atoms with Crippen LogP contribution in [0.3, 0.4) is 0 Å². The Bertz CT molecular complexity index is 444. The van der Waals surface area contributed by atoms with Crippen LogP contribution < -0.4 is 4.74 Å². The Labute approximate surface area is 132 Å². The van der Waals surface area contributed by atoms with Crippen molar-refractivity contribution in [1.82, 2.24) is 9.80 Å². The Morgan fingerprint density at radius 1 is 1.23 bits per heavy atom. The molecule has 0 N–H and O–H groups in total. The van der Waals surface area contributed by atoms with E-state index in [1.54, 1.807) is 19.2 Å². The quantitative estimate of drug-likeness (QED) is 0.735. The highest BCUT2D eigenvalue weighted by molar-refractivity contribution is 5.22. The van der Waals surface area contributed by atoms with Crippen molar-refractivity contribution in [2.24, 2.45) is 0 Å². The van der Waals surface area contributed by atoms with Crippen molar-refractivity contribution < 1.29 is 13.9 Å². The molecule has 1 aromatic carbocycles. The van der Waals surface area contributed by atoms with Crippen molar-refractivity contribution in [2.75, 3.05) is 53.0 Å². The number of piperazine rings is 1. The second kappa shape index (κ2) is 9.08. The van der Waals surface area contributed by atoms with Gasteiger partial charge >= 0.3 is 0 Å². The summed E-state index contributed by atoms with van der Waals surface area (Å²) in [6, 6.07) is 6.90. The van der Waals surface area contributed by atoms with Crippen LogP contribution in [0.1, 0.15) is 13.3 Å². The summed E-state index contributed by atoms with van der Waals surface area (Å²) in [5.74, 6) is 0.348. The minimum Gasteiger partial charge on any atom is -0.492 e. The first kappa shape index (κ1) is 17.2. The van der Waals surface area contributed by atoms with Gasteiger partial charge in [-0.05, 0) is 18.6 Å². The molecule has 0 spiro atoms. The molecule has 0 aliphatic carbocycles. The molecule has 0 amide bonds. The van der Waals surface area contributed by atoms with Crippen LogP contribution in [0.25, 0.3) is 0 Å². The van der Waals surface area contributed by atoms with Gasteiger partial charge in [0.15, 0.2) is 0 Å². The SMILES string of the molecule is CC[C@@H]1CN(CCOc2cccc(F)c2)CCN1CCOC. The maximum absolute atomic E-state index is 13.1. The molecule has 124 valence electrons. The van der Waals surface area contributed by atoms with Crippen LogP contribution >= 0.6 is 0 Å². The molecule has 1 atom stereocenters. The van der Waals surface area contributed by atoms with Gasteiger partial charge in [0, 0.05) is 51.9 Å². The maximum atomic E-state index is 13.1. The summed E-state index contributed by atoms with van der Waals surface area (Å²) in [5, 5.41) is 0. The number of halogens is 1. The van der Waals surface area contributed by atoms with Crippen molar-refractivity contribution in [3.8, 4) is 5.75 Å². The van der Waals surface area contributed by atoms with Crippen molar-refractivity contribution >= 4 is 0 Å². The topological polar surface area (TPSA) is 24.9 Å². The Morgan fingerprint density at radius 2 is 2.09 bits per heavy atom. The standard InChI is InChI=1S/C17H27FN2O2/c1-3-16-14-19(7-8-20(16)10-11-21-2)9-12-22-17-6-4-5-15(18)13-17/h4-6,13,16H,3,7-12,14H2,1-2H3/t16-/m1/s1. The lowest BCUT2D eigenvalue weighted by atomic mass is 10.1. The Morgan fingerprint density at radius 3 is 2.82 bits per heavy atom. The molecule has 0 radical (unpaired) electrons. The summed E-state index contributed by atoms with van der Waals surface area (Å²) in [7, 11) is 1.75. The van der Waals surface area contributed by atoms with E-state index in [4.69, 9.17) is 9.47 Å². The zero-order valence-electron chi connectivity index (χ0n) is 13.6. The molecule has 0 unspecified atom stereocenters. The van der Waals surface area contributed by atoms with E-state index in [-0.39, 0.29) is 5.82 Å². The van der Waals surface area contributed by atoms with Gasteiger partial charge in [0.05, 0.1) is 6.61 Å². The Balaban J connectivity index is 1.73. The molecule has 4 nitrogen and oxygen atoms in total. The van der Waals surface area contributed by atoms with Crippen molar-refractivity contribution in [2.45, 2.75) is 19.4 Å². The zero-order valence-corrected chi connectivity index (χ0v) is 13.6. The molecule has 5 heteroatoms. The maximum Gasteiger partial charge on any atom is 0.126 e. The summed E-state index contributed by atoms with van der Waals surface area (Å²) < 4.78 is 23.9. The van der Waals surface area contributed by atoms with Gasteiger partial charge in [0.2, 0.25) is 0 Å². The fraction of sp³-hybridized carbons (Fsp3) is 0.647. The van der Waals surface area contributed by atoms with Crippen LogP contribution in [-0.2, 0) is 4.74 Å². The summed E-state index contributed by atoms with van der Waals surface area (Å²) in [6.07, 6.45) is 1.14. The molecule has 0 aromatic heterocycles. The van der Waals surface area contributed by atoms with Gasteiger partial charge in [-0.3, -0.25) is 9.80 Å². The van der Waals surface area contributed by atoms with Gasteiger partial charge in [0.25, 0.3) is 0 Å². The molecule has 1 aromatic rings. The normalized spacial score (nSPS) is 20.2. The first-order chi connectivity index (χ1) is 10.7. The molecule has 1 aliphatic heterocycles. The Kier molecular flexibility index (Phi) is 7.09. The van der Waals surface area contributed by atoms with Crippen LogP contribution in [0.2, 0.25) is 0 Å². The van der Waals surface area contributed by atoms with Crippen LogP contribution in [0.4, 0.5) is 4.39 Å². The summed E-state index contributed by atoms with van der Waals surface area (Å²) in [4.78, 5) is 4.93. The second-order valence-electron chi connectivity index (χ2n) is 5.70. The highest BCUT2D eigenvalue weighted by Gasteiger charge is 2.24. The van der Waals surface area contributed by atoms with E-state index in [2.05, 4.69) is 16.7 Å². The zero-order chi connectivity index (χ0) is 15.8. The number of benzene rings is 1. The molecule has 22 heavy (non-hydrogen) atoms. The molecule has 1 saturated heterocycles. The minimum absolute atomic E-state index is 0.254. The predicted octanol–water partition coefficient (Wildman–Crippen LogP) is 2.25. The van der Waals surface area contributed by atoms with Crippen molar-refractivity contribution in [1.29, 1.82) is 0 Å². The third-order valence-corrected chi connectivity index (χ3v) is 4.21. The van der Waals surface area contributed by atoms with Crippen molar-refractivity contribution in [3.05, 3.63) is 30.1 Å². The van der Waals surface area contributed by atoms with Gasteiger partial charge < -0.3 is 9.47 Å². The van der Waals surface area contributed by atoms with E-state index in [9.17, 15) is 4.39 Å². The molecule has 1 aliphatic rings. The van der Waals surface area contributed by atoms with Crippen LogP contribution in [0.15, 0.2) is 24.3 Å². The minimum atomic E-state index is -0.254. The monoisotopic (exact) mass is 310 g/mol. The average molecular weight is 310 g/mol. The van der Waals surface area contributed by atoms with Crippen LogP contribution in [-0.4, -0.2) is 68.9 Å². The first-order valence-corrected chi connectivity index (χ1v) is 8.06. The van der Waals surface area contributed by atoms with Crippen LogP contribution in [0, 0.1) is 5.82 Å². The Hall–Kier alpha value is -1.17. The lowest BCUT2D eigenvalue weighted by molar-refractivity contribution is 0.0443. The number of hydrogen-bond acceptors (Lipinski definition) is 4. The lowest BCUT2D eigenvalue weighted by Gasteiger charge is -2.41. The van der Waals surface area contributed by atoms with Crippen molar-refractivity contribution in [3.63, 3.8) is 0 Å². The number of hydrogen-bond donors (Lipinski definition) is 0. The number of rotatable bonds is 8. The number of methoxy groups -OCH3 is 1. The van der Waals surface area contributed by atoms with Crippen LogP contribution in [0.5, 0.6) is 5.75 Å². The molecule has 0 bridgehead atoms. The van der Waals surface area contributed by atoms with E-state index in [1.165, 1.54) is 12.1 Å². The molecular weight excluding hydrogens is 283 g/mol. The smallest absolute Gasteiger partial charge is 0.126 e. The number of ether oxygens (including phenoxy) is 2. The number of nitrogens with zero attached hydrogens (tertiary/aromatic N) is 2. The molecule has 0 saturated carbocycles. The van der Waals surface area contributed by atoms with E-state index in [0.29, 0.717) is 18.4 Å². The van der Waals surface area contributed by atoms with E-state index in [0.717, 1.165) is 45.8 Å². The molecule has 1 heterocycles. The van der Waals surface area contributed by atoms with Gasteiger partial charge in [-0.15, -0.1) is 0 Å². The van der Waals surface area contributed by atoms with Gasteiger partial charge in [-0.2, -0.15) is 0 Å². The summed E-state index contributed by atoms with van der Waals surface area (Å²) >= 11 is 0. The van der Waals surface area contributed by atoms with E-state index < -0.39 is 0 Å². The largest absolute Gasteiger partial charge is 0.492 e. The fourth-order valence-electron chi connectivity index (χ4n) is 2.90. The van der Waals surface area contributed by atoms with E-state index >= 15 is 0 Å². The summed E-state index contributed by atoms with van der Waals surface area (Å²) in [5.41, 5.74) is 0. The molecule has 1 fully saturated rings.